The SMILES string of the molecule is CCCCC/C=C\C/C=C\C/C=C\CCCCCCCCCCCC(O)C(=O)NC(COC1OC(CO)C(O)C(O)C1OC(=O)CCCCCCCCC/C=C\C/C=C\CCCCC)C(O)/C=C/CCCCCCCCCCCCC. The number of allylic oxidation sites excluding steroid dienone is 11. The number of amides is 1. The third-order valence-corrected chi connectivity index (χ3v) is 15.6. The molecule has 11 nitrogen and oxygen atoms in total. The molecule has 1 aliphatic heterocycles. The summed E-state index contributed by atoms with van der Waals surface area (Å²) in [6.07, 6.45) is 63.5. The van der Waals surface area contributed by atoms with E-state index >= 15 is 0 Å². The van der Waals surface area contributed by atoms with E-state index in [0.29, 0.717) is 12.8 Å². The lowest BCUT2D eigenvalue weighted by Crippen LogP contribution is -2.61. The molecule has 0 aliphatic carbocycles. The first-order valence-electron chi connectivity index (χ1n) is 33.7. The number of hydrogen-bond acceptors (Lipinski definition) is 10. The normalized spacial score (nSPS) is 19.1. The molecule has 6 N–H and O–H groups in total. The zero-order valence-electron chi connectivity index (χ0n) is 52.1. The van der Waals surface area contributed by atoms with Crippen molar-refractivity contribution in [3.05, 3.63) is 72.9 Å². The zero-order valence-corrected chi connectivity index (χ0v) is 52.1. The average Bonchev–Trinajstić information content (AvgIpc) is 3.49. The van der Waals surface area contributed by atoms with E-state index in [4.69, 9.17) is 14.2 Å². The maximum atomic E-state index is 13.5. The van der Waals surface area contributed by atoms with Crippen LogP contribution in [0.3, 0.4) is 0 Å². The molecule has 8 atom stereocenters. The minimum Gasteiger partial charge on any atom is -0.454 e. The molecular weight excluding hydrogens is 1010 g/mol. The number of unbranched alkanes of at least 4 members (excludes halogenated alkanes) is 33. The second-order valence-corrected chi connectivity index (χ2v) is 23.2. The molecule has 1 amide bonds. The molecule has 8 unspecified atom stereocenters. The smallest absolute Gasteiger partial charge is 0.306 e. The van der Waals surface area contributed by atoms with Gasteiger partial charge in [0.25, 0.3) is 0 Å². The molecule has 0 spiro atoms. The highest BCUT2D eigenvalue weighted by Crippen LogP contribution is 2.26. The average molecular weight is 1140 g/mol. The largest absolute Gasteiger partial charge is 0.454 e. The number of hydrogen-bond donors (Lipinski definition) is 6. The van der Waals surface area contributed by atoms with E-state index in [-0.39, 0.29) is 19.4 Å². The lowest BCUT2D eigenvalue weighted by Gasteiger charge is -2.41. The predicted molar refractivity (Wildman–Crippen MR) is 338 cm³/mol. The first-order valence-corrected chi connectivity index (χ1v) is 33.7. The topological polar surface area (TPSA) is 175 Å². The highest BCUT2D eigenvalue weighted by molar-refractivity contribution is 5.80. The lowest BCUT2D eigenvalue weighted by molar-refractivity contribution is -0.305. The number of carbonyl (C=O) groups excluding carboxylic acids is 2. The summed E-state index contributed by atoms with van der Waals surface area (Å²) < 4.78 is 17.7. The van der Waals surface area contributed by atoms with Crippen molar-refractivity contribution >= 4 is 11.9 Å². The highest BCUT2D eigenvalue weighted by Gasteiger charge is 2.47. The summed E-state index contributed by atoms with van der Waals surface area (Å²) in [5.41, 5.74) is 0. The van der Waals surface area contributed by atoms with E-state index in [1.165, 1.54) is 154 Å². The second kappa shape index (κ2) is 57.5. The maximum absolute atomic E-state index is 13.5. The van der Waals surface area contributed by atoms with Gasteiger partial charge in [-0.05, 0) is 96.3 Å². The van der Waals surface area contributed by atoms with Crippen molar-refractivity contribution in [3.63, 3.8) is 0 Å². The van der Waals surface area contributed by atoms with Gasteiger partial charge in [0.2, 0.25) is 5.91 Å². The molecule has 0 bridgehead atoms. The number of aliphatic hydroxyl groups is 5. The van der Waals surface area contributed by atoms with E-state index < -0.39 is 67.4 Å². The van der Waals surface area contributed by atoms with Crippen LogP contribution in [0.5, 0.6) is 0 Å². The van der Waals surface area contributed by atoms with Gasteiger partial charge in [-0.3, -0.25) is 9.59 Å². The van der Waals surface area contributed by atoms with Gasteiger partial charge in [-0.15, -0.1) is 0 Å². The fourth-order valence-electron chi connectivity index (χ4n) is 10.2. The molecule has 0 aromatic rings. The van der Waals surface area contributed by atoms with Crippen LogP contribution in [0, 0.1) is 0 Å². The molecule has 1 heterocycles. The van der Waals surface area contributed by atoms with E-state index in [1.807, 2.05) is 6.08 Å². The Bertz CT molecular complexity index is 1590. The van der Waals surface area contributed by atoms with Crippen molar-refractivity contribution in [2.45, 2.75) is 346 Å². The molecule has 0 aromatic heterocycles. The van der Waals surface area contributed by atoms with Gasteiger partial charge in [0.05, 0.1) is 25.4 Å². The Balaban J connectivity index is 2.65. The molecule has 1 saturated heterocycles. The molecule has 470 valence electrons. The van der Waals surface area contributed by atoms with Crippen LogP contribution in [0.15, 0.2) is 72.9 Å². The van der Waals surface area contributed by atoms with Crippen LogP contribution >= 0.6 is 0 Å². The van der Waals surface area contributed by atoms with Crippen LogP contribution in [-0.2, 0) is 23.8 Å². The van der Waals surface area contributed by atoms with Gasteiger partial charge in [0, 0.05) is 6.42 Å². The quantitative estimate of drug-likeness (QED) is 0.0195. The summed E-state index contributed by atoms with van der Waals surface area (Å²) in [6.45, 7) is 5.75. The predicted octanol–water partition coefficient (Wildman–Crippen LogP) is 16.7. The van der Waals surface area contributed by atoms with Crippen LogP contribution in [0.2, 0.25) is 0 Å². The fourth-order valence-corrected chi connectivity index (χ4v) is 10.2. The molecule has 81 heavy (non-hydrogen) atoms. The van der Waals surface area contributed by atoms with Crippen molar-refractivity contribution in [3.8, 4) is 0 Å². The molecule has 1 rings (SSSR count). The Kier molecular flexibility index (Phi) is 54.1. The lowest BCUT2D eigenvalue weighted by atomic mass is 9.99. The number of nitrogens with one attached hydrogen (secondary N) is 1. The van der Waals surface area contributed by atoms with E-state index in [9.17, 15) is 35.1 Å². The van der Waals surface area contributed by atoms with Crippen molar-refractivity contribution in [2.24, 2.45) is 0 Å². The highest BCUT2D eigenvalue weighted by atomic mass is 16.7. The Hall–Kier alpha value is -2.90. The van der Waals surface area contributed by atoms with Crippen LogP contribution < -0.4 is 5.32 Å². The summed E-state index contributed by atoms with van der Waals surface area (Å²) >= 11 is 0. The number of aliphatic hydroxyl groups excluding tert-OH is 5. The molecular formula is C70H125NO10. The first kappa shape index (κ1) is 76.1. The van der Waals surface area contributed by atoms with Crippen molar-refractivity contribution in [1.29, 1.82) is 0 Å². The van der Waals surface area contributed by atoms with Gasteiger partial charge in [0.15, 0.2) is 12.4 Å². The summed E-state index contributed by atoms with van der Waals surface area (Å²) in [4.78, 5) is 26.6. The summed E-state index contributed by atoms with van der Waals surface area (Å²) in [6, 6.07) is -1.03. The van der Waals surface area contributed by atoms with E-state index in [1.54, 1.807) is 6.08 Å². The van der Waals surface area contributed by atoms with Crippen molar-refractivity contribution < 1.29 is 49.3 Å². The fraction of sp³-hybridized carbons (Fsp3) is 0.800. The summed E-state index contributed by atoms with van der Waals surface area (Å²) in [5, 5.41) is 57.2. The Morgan fingerprint density at radius 2 is 0.852 bits per heavy atom. The van der Waals surface area contributed by atoms with Gasteiger partial charge in [0.1, 0.15) is 24.4 Å². The number of ether oxygens (including phenoxy) is 3. The van der Waals surface area contributed by atoms with E-state index in [0.717, 1.165) is 96.3 Å². The monoisotopic (exact) mass is 1140 g/mol. The number of carbonyl (C=O) groups is 2. The van der Waals surface area contributed by atoms with Crippen molar-refractivity contribution in [2.75, 3.05) is 13.2 Å². The van der Waals surface area contributed by atoms with E-state index in [2.05, 4.69) is 86.8 Å². The van der Waals surface area contributed by atoms with Crippen LogP contribution in [0.4, 0.5) is 0 Å². The molecule has 11 heteroatoms. The summed E-state index contributed by atoms with van der Waals surface area (Å²) in [5.74, 6) is -1.20. The Morgan fingerprint density at radius 3 is 1.30 bits per heavy atom. The van der Waals surface area contributed by atoms with Crippen molar-refractivity contribution in [1.82, 2.24) is 5.32 Å². The van der Waals surface area contributed by atoms with Gasteiger partial charge in [-0.25, -0.2) is 0 Å². The van der Waals surface area contributed by atoms with Gasteiger partial charge in [-0.2, -0.15) is 0 Å². The van der Waals surface area contributed by atoms with Crippen LogP contribution in [-0.4, -0.2) is 99.6 Å². The summed E-state index contributed by atoms with van der Waals surface area (Å²) in [7, 11) is 0. The molecule has 0 radical (unpaired) electrons. The first-order chi connectivity index (χ1) is 39.7. The third-order valence-electron chi connectivity index (χ3n) is 15.6. The molecule has 0 saturated carbocycles. The number of rotatable bonds is 57. The third kappa shape index (κ3) is 45.2. The molecule has 0 aromatic carbocycles. The second-order valence-electron chi connectivity index (χ2n) is 23.2. The van der Waals surface area contributed by atoms with Gasteiger partial charge >= 0.3 is 5.97 Å². The Labute approximate surface area is 496 Å². The standard InChI is InChI=1S/C70H125NO10/c1-4-7-10-13-16-19-22-25-27-29-30-31-32-33-35-36-39-42-45-48-51-54-57-63(74)69(78)71-61(62(73)56-53-50-47-44-41-38-24-21-18-15-12-9-6-3)60-79-70-68(67(77)66(76)64(59-72)80-70)81-65(75)58-55-52-49-46-43-40-37-34-28-26-23-20-17-14-11-8-5-2/h16-17,19-20,25-28,30-31,53,56,61-64,66-68,70,72-74,76-77H,4-15,18,21-24,29,32-52,54-55,57-60H2,1-3H3,(H,71,78)/b19-16-,20-17-,27-25-,28-26-,31-30-,56-53+. The van der Waals surface area contributed by atoms with Crippen LogP contribution in [0.25, 0.3) is 0 Å². The van der Waals surface area contributed by atoms with Gasteiger partial charge < -0.3 is 45.1 Å². The maximum Gasteiger partial charge on any atom is 0.306 e. The minimum atomic E-state index is -1.62. The zero-order chi connectivity index (χ0) is 58.9. The van der Waals surface area contributed by atoms with Gasteiger partial charge in [-0.1, -0.05) is 267 Å². The van der Waals surface area contributed by atoms with Crippen LogP contribution in [0.1, 0.15) is 297 Å². The number of esters is 1. The molecule has 1 aliphatic rings. The minimum absolute atomic E-state index is 0.113. The molecule has 1 fully saturated rings. The Morgan fingerprint density at radius 1 is 0.481 bits per heavy atom.